The Morgan fingerprint density at radius 1 is 1.43 bits per heavy atom. The zero-order chi connectivity index (χ0) is 15.8. The third-order valence-corrected chi connectivity index (χ3v) is 3.31. The number of aliphatic hydroxyl groups is 1. The van der Waals surface area contributed by atoms with E-state index in [1.807, 2.05) is 19.1 Å². The van der Waals surface area contributed by atoms with Gasteiger partial charge in [0.15, 0.2) is 17.1 Å². The number of nitrogens with zero attached hydrogens (tertiary/aromatic N) is 1. The van der Waals surface area contributed by atoms with Crippen LogP contribution < -0.4 is 4.74 Å². The van der Waals surface area contributed by atoms with E-state index in [2.05, 4.69) is 0 Å². The second-order valence-corrected chi connectivity index (χ2v) is 5.87. The van der Waals surface area contributed by atoms with E-state index in [4.69, 9.17) is 9.15 Å². The van der Waals surface area contributed by atoms with Crippen molar-refractivity contribution in [3.63, 3.8) is 0 Å². The van der Waals surface area contributed by atoms with E-state index in [0.717, 1.165) is 10.9 Å². The van der Waals surface area contributed by atoms with Gasteiger partial charge in [-0.1, -0.05) is 12.1 Å². The first-order valence-corrected chi connectivity index (χ1v) is 6.78. The predicted octanol–water partition coefficient (Wildman–Crippen LogP) is 2.59. The number of amides is 1. The summed E-state index contributed by atoms with van der Waals surface area (Å²) in [4.78, 5) is 13.9. The number of rotatable bonds is 4. The third kappa shape index (κ3) is 3.03. The van der Waals surface area contributed by atoms with Gasteiger partial charge in [0.2, 0.25) is 0 Å². The van der Waals surface area contributed by atoms with Crippen LogP contribution in [0.4, 0.5) is 0 Å². The van der Waals surface area contributed by atoms with Crippen LogP contribution in [0.25, 0.3) is 11.0 Å². The fraction of sp³-hybridized carbons (Fsp3) is 0.438. The molecule has 1 amide bonds. The number of para-hydroxylation sites is 1. The maximum atomic E-state index is 12.5. The lowest BCUT2D eigenvalue weighted by Gasteiger charge is -2.25. The number of aryl methyl sites for hydroxylation is 1. The maximum Gasteiger partial charge on any atom is 0.289 e. The molecular formula is C16H21NO4. The van der Waals surface area contributed by atoms with Crippen LogP contribution in [0.5, 0.6) is 5.75 Å². The Bertz CT molecular complexity index is 667. The molecule has 0 aliphatic carbocycles. The monoisotopic (exact) mass is 291 g/mol. The number of benzene rings is 1. The van der Waals surface area contributed by atoms with E-state index in [0.29, 0.717) is 11.3 Å². The standard InChI is InChI=1S/C16H21NO4/c1-10-11-7-6-8-12(20-5)14(11)21-13(10)15(18)17(4)9-16(2,3)19/h6-8,19H,9H2,1-5H3. The van der Waals surface area contributed by atoms with E-state index >= 15 is 0 Å². The van der Waals surface area contributed by atoms with Crippen LogP contribution >= 0.6 is 0 Å². The third-order valence-electron chi connectivity index (χ3n) is 3.31. The molecule has 0 atom stereocenters. The van der Waals surface area contributed by atoms with Gasteiger partial charge in [0.25, 0.3) is 5.91 Å². The summed E-state index contributed by atoms with van der Waals surface area (Å²) >= 11 is 0. The number of methoxy groups -OCH3 is 1. The summed E-state index contributed by atoms with van der Waals surface area (Å²) in [5.41, 5.74) is 0.385. The average molecular weight is 291 g/mol. The van der Waals surface area contributed by atoms with Crippen molar-refractivity contribution in [2.45, 2.75) is 26.4 Å². The lowest BCUT2D eigenvalue weighted by molar-refractivity contribution is 0.0352. The quantitative estimate of drug-likeness (QED) is 0.940. The molecule has 0 spiro atoms. The van der Waals surface area contributed by atoms with E-state index in [9.17, 15) is 9.90 Å². The van der Waals surface area contributed by atoms with Crippen LogP contribution in [-0.4, -0.2) is 42.2 Å². The highest BCUT2D eigenvalue weighted by atomic mass is 16.5. The number of ether oxygens (including phenoxy) is 1. The Hall–Kier alpha value is -2.01. The zero-order valence-corrected chi connectivity index (χ0v) is 13.1. The minimum absolute atomic E-state index is 0.222. The summed E-state index contributed by atoms with van der Waals surface area (Å²) in [5, 5.41) is 10.7. The van der Waals surface area contributed by atoms with Crippen LogP contribution in [0.15, 0.2) is 22.6 Å². The number of hydrogen-bond donors (Lipinski definition) is 1. The summed E-state index contributed by atoms with van der Waals surface area (Å²) in [6, 6.07) is 5.54. The van der Waals surface area contributed by atoms with Crippen LogP contribution in [0.2, 0.25) is 0 Å². The molecule has 0 unspecified atom stereocenters. The molecule has 1 aromatic carbocycles. The largest absolute Gasteiger partial charge is 0.493 e. The Morgan fingerprint density at radius 2 is 2.10 bits per heavy atom. The van der Waals surface area contributed by atoms with Crippen LogP contribution in [0.1, 0.15) is 30.0 Å². The van der Waals surface area contributed by atoms with Crippen molar-refractivity contribution >= 4 is 16.9 Å². The van der Waals surface area contributed by atoms with Gasteiger partial charge in [-0.3, -0.25) is 4.79 Å². The molecule has 114 valence electrons. The lowest BCUT2D eigenvalue weighted by atomic mass is 10.1. The number of fused-ring (bicyclic) bond motifs is 1. The first-order chi connectivity index (χ1) is 9.74. The topological polar surface area (TPSA) is 62.9 Å². The van der Waals surface area contributed by atoms with Crippen molar-refractivity contribution in [1.29, 1.82) is 0 Å². The highest BCUT2D eigenvalue weighted by Gasteiger charge is 2.25. The summed E-state index contributed by atoms with van der Waals surface area (Å²) in [5.74, 6) is 0.619. The second-order valence-electron chi connectivity index (χ2n) is 5.87. The second kappa shape index (κ2) is 5.41. The highest BCUT2D eigenvalue weighted by molar-refractivity contribution is 6.00. The summed E-state index contributed by atoms with van der Waals surface area (Å²) < 4.78 is 11.0. The Balaban J connectivity index is 2.43. The van der Waals surface area contributed by atoms with Crippen LogP contribution in [0.3, 0.4) is 0 Å². The highest BCUT2D eigenvalue weighted by Crippen LogP contribution is 2.32. The van der Waals surface area contributed by atoms with Gasteiger partial charge < -0.3 is 19.2 Å². The summed E-state index contributed by atoms with van der Waals surface area (Å²) in [6.45, 7) is 5.38. The molecule has 1 heterocycles. The molecule has 0 fully saturated rings. The van der Waals surface area contributed by atoms with Crippen molar-refractivity contribution in [3.8, 4) is 5.75 Å². The lowest BCUT2D eigenvalue weighted by Crippen LogP contribution is -2.39. The SMILES string of the molecule is COc1cccc2c(C)c(C(=O)N(C)CC(C)(C)O)oc12. The van der Waals surface area contributed by atoms with Crippen LogP contribution in [0, 0.1) is 6.92 Å². The van der Waals surface area contributed by atoms with E-state index < -0.39 is 5.60 Å². The fourth-order valence-corrected chi connectivity index (χ4v) is 2.41. The van der Waals surface area contributed by atoms with E-state index in [1.165, 1.54) is 4.90 Å². The molecule has 2 aromatic rings. The number of carbonyl (C=O) groups excluding carboxylic acids is 1. The van der Waals surface area contributed by atoms with Gasteiger partial charge in [-0.05, 0) is 26.8 Å². The molecule has 5 nitrogen and oxygen atoms in total. The Morgan fingerprint density at radius 3 is 2.67 bits per heavy atom. The Labute approximate surface area is 124 Å². The molecule has 0 saturated carbocycles. The van der Waals surface area contributed by atoms with Gasteiger partial charge in [0, 0.05) is 24.5 Å². The fourth-order valence-electron chi connectivity index (χ4n) is 2.41. The van der Waals surface area contributed by atoms with Gasteiger partial charge in [-0.15, -0.1) is 0 Å². The van der Waals surface area contributed by atoms with E-state index in [1.54, 1.807) is 34.1 Å². The minimum Gasteiger partial charge on any atom is -0.493 e. The van der Waals surface area contributed by atoms with Crippen molar-refractivity contribution in [2.75, 3.05) is 20.7 Å². The first kappa shape index (κ1) is 15.4. The molecular weight excluding hydrogens is 270 g/mol. The Kier molecular flexibility index (Phi) is 3.96. The average Bonchev–Trinajstić information content (AvgIpc) is 2.73. The van der Waals surface area contributed by atoms with Gasteiger partial charge in [0.1, 0.15) is 0 Å². The smallest absolute Gasteiger partial charge is 0.289 e. The zero-order valence-electron chi connectivity index (χ0n) is 13.1. The van der Waals surface area contributed by atoms with E-state index in [-0.39, 0.29) is 18.2 Å². The van der Waals surface area contributed by atoms with Gasteiger partial charge in [-0.25, -0.2) is 0 Å². The number of hydrogen-bond acceptors (Lipinski definition) is 4. The maximum absolute atomic E-state index is 12.5. The summed E-state index contributed by atoms with van der Waals surface area (Å²) in [7, 11) is 3.21. The number of likely N-dealkylation sites (N-methyl/N-ethyl adjacent to an activating group) is 1. The first-order valence-electron chi connectivity index (χ1n) is 6.78. The van der Waals surface area contributed by atoms with Crippen LogP contribution in [-0.2, 0) is 0 Å². The molecule has 5 heteroatoms. The molecule has 0 saturated heterocycles. The molecule has 1 aromatic heterocycles. The predicted molar refractivity (Wildman–Crippen MR) is 80.8 cm³/mol. The van der Waals surface area contributed by atoms with Gasteiger partial charge >= 0.3 is 0 Å². The molecule has 1 N–H and O–H groups in total. The normalized spacial score (nSPS) is 11.7. The van der Waals surface area contributed by atoms with Crippen molar-refractivity contribution in [2.24, 2.45) is 0 Å². The van der Waals surface area contributed by atoms with Crippen molar-refractivity contribution < 1.29 is 19.1 Å². The number of carbonyl (C=O) groups is 1. The minimum atomic E-state index is -0.956. The molecule has 2 rings (SSSR count). The van der Waals surface area contributed by atoms with Crippen molar-refractivity contribution in [1.82, 2.24) is 4.90 Å². The van der Waals surface area contributed by atoms with Gasteiger partial charge in [-0.2, -0.15) is 0 Å². The number of furan rings is 1. The van der Waals surface area contributed by atoms with Crippen molar-refractivity contribution in [3.05, 3.63) is 29.5 Å². The van der Waals surface area contributed by atoms with Gasteiger partial charge in [0.05, 0.1) is 12.7 Å². The summed E-state index contributed by atoms with van der Waals surface area (Å²) in [6.07, 6.45) is 0. The molecule has 0 aliphatic rings. The molecule has 21 heavy (non-hydrogen) atoms. The molecule has 0 bridgehead atoms. The molecule has 0 aliphatic heterocycles. The molecule has 0 radical (unpaired) electrons.